The Hall–Kier alpha value is -0.670. The Balaban J connectivity index is 2.82. The van der Waals surface area contributed by atoms with Crippen LogP contribution in [0.2, 0.25) is 0 Å². The van der Waals surface area contributed by atoms with Crippen molar-refractivity contribution < 1.29 is 15.0 Å². The van der Waals surface area contributed by atoms with Gasteiger partial charge in [-0.25, -0.2) is 0 Å². The van der Waals surface area contributed by atoms with Gasteiger partial charge in [-0.05, 0) is 18.6 Å². The predicted octanol–water partition coefficient (Wildman–Crippen LogP) is -0.763. The first-order valence-corrected chi connectivity index (χ1v) is 2.71. The van der Waals surface area contributed by atoms with Gasteiger partial charge in [0.05, 0.1) is 0 Å². The predicted molar refractivity (Wildman–Crippen MR) is 30.8 cm³/mol. The smallest absolute Gasteiger partial charge is 0.187 e. The van der Waals surface area contributed by atoms with Crippen LogP contribution in [0.1, 0.15) is 6.92 Å². The van der Waals surface area contributed by atoms with Crippen molar-refractivity contribution in [3.63, 3.8) is 0 Å². The number of ketones is 1. The van der Waals surface area contributed by atoms with Gasteiger partial charge in [0.1, 0.15) is 12.2 Å². The van der Waals surface area contributed by atoms with Gasteiger partial charge >= 0.3 is 0 Å². The van der Waals surface area contributed by atoms with E-state index in [9.17, 15) is 4.79 Å². The summed E-state index contributed by atoms with van der Waals surface area (Å²) in [7, 11) is 0. The van der Waals surface area contributed by atoms with Gasteiger partial charge in [-0.1, -0.05) is 0 Å². The van der Waals surface area contributed by atoms with Crippen molar-refractivity contribution in [2.45, 2.75) is 19.1 Å². The molecular weight excluding hydrogens is 120 g/mol. The minimum atomic E-state index is -1.22. The first-order valence-electron chi connectivity index (χ1n) is 2.71. The summed E-state index contributed by atoms with van der Waals surface area (Å²) in [6.45, 7) is 1.61. The lowest BCUT2D eigenvalue weighted by Gasteiger charge is -2.06. The Morgan fingerprint density at radius 3 is 2.11 bits per heavy atom. The highest BCUT2D eigenvalue weighted by Gasteiger charge is 2.30. The lowest BCUT2D eigenvalue weighted by Crippen LogP contribution is -2.27. The van der Waals surface area contributed by atoms with Crippen molar-refractivity contribution in [3.05, 3.63) is 11.6 Å². The number of aliphatic hydroxyl groups is 2. The minimum absolute atomic E-state index is 0.403. The van der Waals surface area contributed by atoms with E-state index < -0.39 is 18.0 Å². The molecule has 0 aliphatic heterocycles. The maximum Gasteiger partial charge on any atom is 0.187 e. The number of carbonyl (C=O) groups excluding carboxylic acids is 1. The molecule has 2 N–H and O–H groups in total. The van der Waals surface area contributed by atoms with Crippen LogP contribution in [-0.2, 0) is 4.79 Å². The van der Waals surface area contributed by atoms with E-state index in [1.54, 1.807) is 6.92 Å². The lowest BCUT2D eigenvalue weighted by atomic mass is 10.2. The highest BCUT2D eigenvalue weighted by Crippen LogP contribution is 2.14. The summed E-state index contributed by atoms with van der Waals surface area (Å²) in [6.07, 6.45) is -0.933. The molecule has 0 amide bonds. The average Bonchev–Trinajstić information content (AvgIpc) is 1.98. The molecule has 1 aliphatic rings. The average molecular weight is 128 g/mol. The number of rotatable bonds is 0. The summed E-state index contributed by atoms with van der Waals surface area (Å²) < 4.78 is 0. The monoisotopic (exact) mass is 128 g/mol. The zero-order chi connectivity index (χ0) is 7.02. The third-order valence-corrected chi connectivity index (χ3v) is 1.43. The normalized spacial score (nSPS) is 35.0. The molecule has 3 nitrogen and oxygen atoms in total. The van der Waals surface area contributed by atoms with Crippen LogP contribution in [0.5, 0.6) is 0 Å². The quantitative estimate of drug-likeness (QED) is 0.450. The number of aliphatic hydroxyl groups excluding tert-OH is 2. The Labute approximate surface area is 52.6 Å². The highest BCUT2D eigenvalue weighted by atomic mass is 16.3. The molecule has 0 unspecified atom stereocenters. The fourth-order valence-electron chi connectivity index (χ4n) is 0.800. The fourth-order valence-corrected chi connectivity index (χ4v) is 0.800. The van der Waals surface area contributed by atoms with Crippen molar-refractivity contribution in [2.24, 2.45) is 0 Å². The minimum Gasteiger partial charge on any atom is -0.386 e. The highest BCUT2D eigenvalue weighted by molar-refractivity contribution is 5.97. The van der Waals surface area contributed by atoms with Crippen LogP contribution in [0.4, 0.5) is 0 Å². The molecule has 1 aliphatic carbocycles. The molecule has 0 spiro atoms. The van der Waals surface area contributed by atoms with E-state index >= 15 is 0 Å². The maximum atomic E-state index is 10.5. The van der Waals surface area contributed by atoms with E-state index in [0.29, 0.717) is 5.57 Å². The second kappa shape index (κ2) is 1.93. The first-order chi connectivity index (χ1) is 4.13. The number of carbonyl (C=O) groups is 1. The van der Waals surface area contributed by atoms with E-state index in [0.717, 1.165) is 0 Å². The van der Waals surface area contributed by atoms with Crippen LogP contribution in [0.25, 0.3) is 0 Å². The van der Waals surface area contributed by atoms with Gasteiger partial charge in [0.25, 0.3) is 0 Å². The molecule has 0 bridgehead atoms. The third-order valence-electron chi connectivity index (χ3n) is 1.43. The van der Waals surface area contributed by atoms with E-state index in [1.165, 1.54) is 6.08 Å². The van der Waals surface area contributed by atoms with Crippen LogP contribution in [0, 0.1) is 0 Å². The van der Waals surface area contributed by atoms with Crippen LogP contribution in [0.3, 0.4) is 0 Å². The van der Waals surface area contributed by atoms with Gasteiger partial charge < -0.3 is 10.2 Å². The van der Waals surface area contributed by atoms with Crippen molar-refractivity contribution in [1.82, 2.24) is 0 Å². The summed E-state index contributed by atoms with van der Waals surface area (Å²) in [5.74, 6) is -0.403. The standard InChI is InChI=1S/C6H8O3/c1-3-2-4(7)6(9)5(3)8/h2,5-6,8-9H,1H3/t5-,6-/m0/s1. The molecule has 0 saturated heterocycles. The van der Waals surface area contributed by atoms with Crippen LogP contribution in [0.15, 0.2) is 11.6 Å². The molecule has 0 aromatic heterocycles. The molecule has 0 radical (unpaired) electrons. The number of hydrogen-bond acceptors (Lipinski definition) is 3. The van der Waals surface area contributed by atoms with E-state index in [-0.39, 0.29) is 0 Å². The molecule has 2 atom stereocenters. The van der Waals surface area contributed by atoms with Crippen molar-refractivity contribution in [3.8, 4) is 0 Å². The van der Waals surface area contributed by atoms with Gasteiger partial charge in [-0.15, -0.1) is 0 Å². The molecule has 50 valence electrons. The topological polar surface area (TPSA) is 57.5 Å². The fraction of sp³-hybridized carbons (Fsp3) is 0.500. The molecule has 0 saturated carbocycles. The molecule has 1 rings (SSSR count). The molecule has 0 heterocycles. The Morgan fingerprint density at radius 2 is 2.00 bits per heavy atom. The summed E-state index contributed by atoms with van der Waals surface area (Å²) in [5, 5.41) is 17.7. The van der Waals surface area contributed by atoms with Crippen molar-refractivity contribution in [2.75, 3.05) is 0 Å². The van der Waals surface area contributed by atoms with Gasteiger partial charge in [-0.2, -0.15) is 0 Å². The lowest BCUT2D eigenvalue weighted by molar-refractivity contribution is -0.124. The summed E-state index contributed by atoms with van der Waals surface area (Å²) in [5.41, 5.74) is 0.535. The zero-order valence-corrected chi connectivity index (χ0v) is 5.03. The SMILES string of the molecule is CC1=CC(=O)[C@H](O)[C@H]1O. The van der Waals surface area contributed by atoms with Crippen LogP contribution < -0.4 is 0 Å². The summed E-state index contributed by atoms with van der Waals surface area (Å²) in [6, 6.07) is 0. The van der Waals surface area contributed by atoms with Crippen LogP contribution in [-0.4, -0.2) is 28.2 Å². The second-order valence-corrected chi connectivity index (χ2v) is 2.18. The van der Waals surface area contributed by atoms with E-state index in [2.05, 4.69) is 0 Å². The Morgan fingerprint density at radius 1 is 1.44 bits per heavy atom. The van der Waals surface area contributed by atoms with Crippen molar-refractivity contribution in [1.29, 1.82) is 0 Å². The first kappa shape index (κ1) is 6.45. The molecule has 0 fully saturated rings. The second-order valence-electron chi connectivity index (χ2n) is 2.18. The molecule has 0 aromatic carbocycles. The molecule has 0 aromatic rings. The molecule has 3 heteroatoms. The van der Waals surface area contributed by atoms with Gasteiger partial charge in [0, 0.05) is 0 Å². The summed E-state index contributed by atoms with van der Waals surface area (Å²) >= 11 is 0. The third kappa shape index (κ3) is 0.886. The maximum absolute atomic E-state index is 10.5. The van der Waals surface area contributed by atoms with Crippen molar-refractivity contribution >= 4 is 5.78 Å². The van der Waals surface area contributed by atoms with Gasteiger partial charge in [0.2, 0.25) is 0 Å². The molecular formula is C6H8O3. The Bertz CT molecular complexity index is 171. The molecule has 9 heavy (non-hydrogen) atoms. The van der Waals surface area contributed by atoms with E-state index in [1.807, 2.05) is 0 Å². The van der Waals surface area contributed by atoms with Gasteiger partial charge in [-0.3, -0.25) is 4.79 Å². The van der Waals surface area contributed by atoms with Crippen LogP contribution >= 0.6 is 0 Å². The number of hydrogen-bond donors (Lipinski definition) is 2. The zero-order valence-electron chi connectivity index (χ0n) is 5.03. The summed E-state index contributed by atoms with van der Waals surface area (Å²) in [4.78, 5) is 10.5. The van der Waals surface area contributed by atoms with Gasteiger partial charge in [0.15, 0.2) is 5.78 Å². The Kier molecular flexibility index (Phi) is 1.38. The largest absolute Gasteiger partial charge is 0.386 e. The van der Waals surface area contributed by atoms with E-state index in [4.69, 9.17) is 10.2 Å².